The quantitative estimate of drug-likeness (QED) is 0.624. The highest BCUT2D eigenvalue weighted by Crippen LogP contribution is 2.27. The Morgan fingerprint density at radius 3 is 2.04 bits per heavy atom. The highest BCUT2D eigenvalue weighted by atomic mass is 32.2. The van der Waals surface area contributed by atoms with E-state index in [0.717, 1.165) is 12.3 Å². The Balaban J connectivity index is 2.45. The van der Waals surface area contributed by atoms with Crippen molar-refractivity contribution in [3.63, 3.8) is 0 Å². The van der Waals surface area contributed by atoms with Crippen LogP contribution in [0.4, 0.5) is 11.4 Å². The molecule has 0 aromatic heterocycles. The highest BCUT2D eigenvalue weighted by molar-refractivity contribution is 7.92. The molecule has 0 heterocycles. The van der Waals surface area contributed by atoms with Crippen LogP contribution in [-0.4, -0.2) is 28.0 Å². The predicted molar refractivity (Wildman–Crippen MR) is 92.9 cm³/mol. The van der Waals surface area contributed by atoms with Crippen LogP contribution >= 0.6 is 0 Å². The molecule has 0 saturated heterocycles. The van der Waals surface area contributed by atoms with Crippen LogP contribution in [0.25, 0.3) is 0 Å². The Morgan fingerprint density at radius 1 is 1.00 bits per heavy atom. The van der Waals surface area contributed by atoms with Gasteiger partial charge in [0.25, 0.3) is 15.7 Å². The Labute approximate surface area is 145 Å². The van der Waals surface area contributed by atoms with Crippen molar-refractivity contribution < 1.29 is 21.8 Å². The summed E-state index contributed by atoms with van der Waals surface area (Å²) in [6, 6.07) is 7.48. The summed E-state index contributed by atoms with van der Waals surface area (Å²) in [6.45, 7) is 3.14. The van der Waals surface area contributed by atoms with Crippen LogP contribution in [0, 0.1) is 24.0 Å². The zero-order chi connectivity index (χ0) is 19.0. The molecule has 0 unspecified atom stereocenters. The molecule has 0 bridgehead atoms. The number of sulfone groups is 1. The Morgan fingerprint density at radius 2 is 1.56 bits per heavy atom. The van der Waals surface area contributed by atoms with Crippen LogP contribution in [0.1, 0.15) is 11.1 Å². The fourth-order valence-electron chi connectivity index (χ4n) is 2.17. The summed E-state index contributed by atoms with van der Waals surface area (Å²) in [5, 5.41) is 11.0. The van der Waals surface area contributed by atoms with Crippen molar-refractivity contribution in [3.05, 3.63) is 57.6 Å². The summed E-state index contributed by atoms with van der Waals surface area (Å²) in [5.74, 6) is 0. The number of non-ortho nitro benzene ring substituents is 1. The van der Waals surface area contributed by atoms with Gasteiger partial charge >= 0.3 is 0 Å². The maximum absolute atomic E-state index is 12.6. The molecule has 1 N–H and O–H groups in total. The first-order valence-electron chi connectivity index (χ1n) is 7.00. The second kappa shape index (κ2) is 6.45. The van der Waals surface area contributed by atoms with Gasteiger partial charge in [-0.25, -0.2) is 16.8 Å². The molecule has 0 atom stereocenters. The highest BCUT2D eigenvalue weighted by Gasteiger charge is 2.22. The lowest BCUT2D eigenvalue weighted by Gasteiger charge is -2.12. The number of benzene rings is 2. The molecular weight excluding hydrogens is 368 g/mol. The third-order valence-electron chi connectivity index (χ3n) is 3.64. The molecule has 0 fully saturated rings. The van der Waals surface area contributed by atoms with Gasteiger partial charge in [0, 0.05) is 24.1 Å². The van der Waals surface area contributed by atoms with E-state index in [-0.39, 0.29) is 21.2 Å². The van der Waals surface area contributed by atoms with Crippen LogP contribution in [0.15, 0.2) is 46.2 Å². The first kappa shape index (κ1) is 18.9. The molecule has 2 aromatic carbocycles. The minimum absolute atomic E-state index is 0.0535. The monoisotopic (exact) mass is 384 g/mol. The first-order valence-corrected chi connectivity index (χ1v) is 10.4. The van der Waals surface area contributed by atoms with E-state index in [1.807, 2.05) is 0 Å². The first-order chi connectivity index (χ1) is 11.4. The van der Waals surface area contributed by atoms with Gasteiger partial charge in [-0.15, -0.1) is 0 Å². The number of sulfonamides is 1. The van der Waals surface area contributed by atoms with Crippen LogP contribution in [0.5, 0.6) is 0 Å². The lowest BCUT2D eigenvalue weighted by atomic mass is 10.1. The van der Waals surface area contributed by atoms with Gasteiger partial charge in [-0.3, -0.25) is 14.8 Å². The van der Waals surface area contributed by atoms with E-state index in [1.54, 1.807) is 13.8 Å². The minimum atomic E-state index is -4.07. The molecule has 25 heavy (non-hydrogen) atoms. The van der Waals surface area contributed by atoms with Gasteiger partial charge in [0.2, 0.25) is 0 Å². The Hall–Kier alpha value is -2.46. The molecule has 134 valence electrons. The largest absolute Gasteiger partial charge is 0.280 e. The van der Waals surface area contributed by atoms with Crippen LogP contribution in [-0.2, 0) is 19.9 Å². The Kier molecular flexibility index (Phi) is 4.87. The van der Waals surface area contributed by atoms with E-state index in [4.69, 9.17) is 0 Å². The third-order valence-corrected chi connectivity index (χ3v) is 6.28. The lowest BCUT2D eigenvalue weighted by Crippen LogP contribution is -2.15. The summed E-state index contributed by atoms with van der Waals surface area (Å²) >= 11 is 0. The molecule has 0 aliphatic carbocycles. The molecule has 0 saturated carbocycles. The fourth-order valence-corrected chi connectivity index (χ4v) is 4.20. The lowest BCUT2D eigenvalue weighted by molar-refractivity contribution is -0.385. The summed E-state index contributed by atoms with van der Waals surface area (Å²) in [7, 11) is -7.47. The number of nitrogens with one attached hydrogen (secondary N) is 1. The fraction of sp³-hybridized carbons (Fsp3) is 0.200. The topological polar surface area (TPSA) is 123 Å². The molecular formula is C15H16N2O6S2. The number of nitro groups is 1. The van der Waals surface area contributed by atoms with Gasteiger partial charge in [-0.05, 0) is 49.2 Å². The second-order valence-corrected chi connectivity index (χ2v) is 9.21. The van der Waals surface area contributed by atoms with Crippen molar-refractivity contribution in [2.24, 2.45) is 0 Å². The number of nitrogens with zero attached hydrogens (tertiary/aromatic N) is 1. The second-order valence-electron chi connectivity index (χ2n) is 5.54. The molecule has 0 spiro atoms. The van der Waals surface area contributed by atoms with Crippen molar-refractivity contribution in [3.8, 4) is 0 Å². The van der Waals surface area contributed by atoms with Gasteiger partial charge in [-0.2, -0.15) is 0 Å². The standard InChI is InChI=1S/C15H16N2O6S2/c1-10-8-13(17(18)19)9-15(11(10)2)25(22,23)16-12-4-6-14(7-5-12)24(3,20)21/h4-9,16H,1-3H3. The molecule has 0 aliphatic heterocycles. The van der Waals surface area contributed by atoms with Gasteiger partial charge in [-0.1, -0.05) is 0 Å². The summed E-state index contributed by atoms with van der Waals surface area (Å²) in [6.07, 6.45) is 1.04. The third kappa shape index (κ3) is 4.15. The number of nitro benzene ring substituents is 1. The van der Waals surface area contributed by atoms with E-state index >= 15 is 0 Å². The maximum Gasteiger partial charge on any atom is 0.271 e. The van der Waals surface area contributed by atoms with Crippen molar-refractivity contribution in [1.29, 1.82) is 0 Å². The summed E-state index contributed by atoms with van der Waals surface area (Å²) in [4.78, 5) is 10.2. The zero-order valence-electron chi connectivity index (χ0n) is 13.7. The molecule has 0 aliphatic rings. The van der Waals surface area contributed by atoms with Gasteiger partial charge in [0.05, 0.1) is 14.7 Å². The smallest absolute Gasteiger partial charge is 0.271 e. The van der Waals surface area contributed by atoms with Crippen LogP contribution in [0.3, 0.4) is 0 Å². The van der Waals surface area contributed by atoms with Gasteiger partial charge in [0.15, 0.2) is 9.84 Å². The van der Waals surface area contributed by atoms with E-state index in [9.17, 15) is 26.9 Å². The van der Waals surface area contributed by atoms with Crippen molar-refractivity contribution in [2.75, 3.05) is 11.0 Å². The molecule has 2 aromatic rings. The van der Waals surface area contributed by atoms with Crippen molar-refractivity contribution in [2.45, 2.75) is 23.6 Å². The van der Waals surface area contributed by atoms with Crippen molar-refractivity contribution in [1.82, 2.24) is 0 Å². The number of hydrogen-bond acceptors (Lipinski definition) is 6. The molecule has 2 rings (SSSR count). The van der Waals surface area contributed by atoms with E-state index < -0.39 is 24.8 Å². The summed E-state index contributed by atoms with van der Waals surface area (Å²) in [5.41, 5.74) is 0.694. The number of aryl methyl sites for hydroxylation is 1. The average Bonchev–Trinajstić information content (AvgIpc) is 2.48. The number of hydrogen-bond donors (Lipinski definition) is 1. The van der Waals surface area contributed by atoms with Crippen molar-refractivity contribution >= 4 is 31.2 Å². The average molecular weight is 384 g/mol. The minimum Gasteiger partial charge on any atom is -0.280 e. The van der Waals surface area contributed by atoms with Gasteiger partial charge in [0.1, 0.15) is 0 Å². The molecule has 0 radical (unpaired) electrons. The normalized spacial score (nSPS) is 12.0. The van der Waals surface area contributed by atoms with E-state index in [2.05, 4.69) is 4.72 Å². The maximum atomic E-state index is 12.6. The van der Waals surface area contributed by atoms with Gasteiger partial charge < -0.3 is 0 Å². The SMILES string of the molecule is Cc1cc([N+](=O)[O-])cc(S(=O)(=O)Nc2ccc(S(C)(=O)=O)cc2)c1C. The summed E-state index contributed by atoms with van der Waals surface area (Å²) < 4.78 is 50.3. The van der Waals surface area contributed by atoms with E-state index in [1.165, 1.54) is 30.3 Å². The number of anilines is 1. The predicted octanol–water partition coefficient (Wildman–Crippen LogP) is 2.42. The molecule has 10 heteroatoms. The van der Waals surface area contributed by atoms with Crippen LogP contribution < -0.4 is 4.72 Å². The Bertz CT molecular complexity index is 1040. The zero-order valence-corrected chi connectivity index (χ0v) is 15.3. The van der Waals surface area contributed by atoms with E-state index in [0.29, 0.717) is 11.1 Å². The number of rotatable bonds is 5. The molecule has 8 nitrogen and oxygen atoms in total. The van der Waals surface area contributed by atoms with Crippen LogP contribution in [0.2, 0.25) is 0 Å². The molecule has 0 amide bonds.